The Balaban J connectivity index is 1.44. The highest BCUT2D eigenvalue weighted by atomic mass is 19.1. The van der Waals surface area contributed by atoms with Gasteiger partial charge >= 0.3 is 0 Å². The van der Waals surface area contributed by atoms with Crippen LogP contribution in [0, 0.1) is 5.82 Å². The third kappa shape index (κ3) is 5.95. The molecule has 0 saturated carbocycles. The molecule has 3 aromatic rings. The molecule has 8 heteroatoms. The minimum absolute atomic E-state index is 0.0199. The normalized spacial score (nSPS) is 18.9. The Hall–Kier alpha value is -3.13. The van der Waals surface area contributed by atoms with Crippen LogP contribution in [0.4, 0.5) is 4.39 Å². The van der Waals surface area contributed by atoms with Crippen LogP contribution in [0.3, 0.4) is 0 Å². The van der Waals surface area contributed by atoms with Crippen LogP contribution in [-0.4, -0.2) is 45.6 Å². The monoisotopic (exact) mass is 423 g/mol. The predicted molar refractivity (Wildman–Crippen MR) is 113 cm³/mol. The fourth-order valence-corrected chi connectivity index (χ4v) is 3.86. The number of halogens is 1. The first kappa shape index (κ1) is 21.1. The summed E-state index contributed by atoms with van der Waals surface area (Å²) in [6.45, 7) is 2.63. The van der Waals surface area contributed by atoms with Gasteiger partial charge in [0.2, 0.25) is 17.6 Å². The number of carbonyl (C=O) groups excluding carboxylic acids is 1. The van der Waals surface area contributed by atoms with Crippen LogP contribution < -0.4 is 5.32 Å². The molecule has 7 nitrogen and oxygen atoms in total. The van der Waals surface area contributed by atoms with Crippen molar-refractivity contribution >= 4 is 5.91 Å². The van der Waals surface area contributed by atoms with Gasteiger partial charge in [0.05, 0.1) is 0 Å². The zero-order valence-corrected chi connectivity index (χ0v) is 17.3. The van der Waals surface area contributed by atoms with Crippen molar-refractivity contribution in [3.8, 4) is 11.4 Å². The van der Waals surface area contributed by atoms with Crippen molar-refractivity contribution in [2.45, 2.75) is 38.1 Å². The molecular weight excluding hydrogens is 397 g/mol. The van der Waals surface area contributed by atoms with E-state index in [1.165, 1.54) is 6.07 Å². The lowest BCUT2D eigenvalue weighted by Crippen LogP contribution is -2.31. The molecule has 1 aliphatic heterocycles. The van der Waals surface area contributed by atoms with E-state index >= 15 is 0 Å². The fourth-order valence-electron chi connectivity index (χ4n) is 3.86. The molecule has 0 spiro atoms. The summed E-state index contributed by atoms with van der Waals surface area (Å²) in [5.41, 5.74) is 1.72. The number of nitrogens with one attached hydrogen (secondary N) is 1. The van der Waals surface area contributed by atoms with E-state index in [0.717, 1.165) is 36.9 Å². The Morgan fingerprint density at radius 2 is 2.13 bits per heavy atom. The third-order valence-electron chi connectivity index (χ3n) is 5.50. The lowest BCUT2D eigenvalue weighted by atomic mass is 9.99. The minimum atomic E-state index is -0.242. The van der Waals surface area contributed by atoms with E-state index in [1.54, 1.807) is 24.5 Å². The van der Waals surface area contributed by atoms with Crippen LogP contribution in [0.25, 0.3) is 11.4 Å². The summed E-state index contributed by atoms with van der Waals surface area (Å²) in [6, 6.07) is 10.3. The SMILES string of the molecule is O=C1CCN(Cc2cccc(F)c2)CCCC(c2nc(-c3cccnc3)no2)CCN1. The summed E-state index contributed by atoms with van der Waals surface area (Å²) in [5, 5.41) is 7.10. The number of benzene rings is 1. The van der Waals surface area contributed by atoms with E-state index in [1.807, 2.05) is 18.2 Å². The Bertz CT molecular complexity index is 994. The second-order valence-electron chi connectivity index (χ2n) is 7.83. The highest BCUT2D eigenvalue weighted by Gasteiger charge is 2.21. The highest BCUT2D eigenvalue weighted by molar-refractivity contribution is 5.76. The van der Waals surface area contributed by atoms with Crippen molar-refractivity contribution in [3.05, 3.63) is 66.1 Å². The van der Waals surface area contributed by atoms with Crippen molar-refractivity contribution in [1.29, 1.82) is 0 Å². The highest BCUT2D eigenvalue weighted by Crippen LogP contribution is 2.26. The number of nitrogens with zero attached hydrogens (tertiary/aromatic N) is 4. The summed E-state index contributed by atoms with van der Waals surface area (Å²) in [6.07, 6.45) is 6.35. The standard InChI is InChI=1S/C23H26FN5O2/c24-20-7-1-4-17(14-20)16-29-12-3-6-18(8-11-26-21(30)9-13-29)23-27-22(28-31-23)19-5-2-10-25-15-19/h1-2,4-5,7,10,14-15,18H,3,6,8-9,11-13,16H2,(H,26,30). The molecule has 2 aromatic heterocycles. The quantitative estimate of drug-likeness (QED) is 0.691. The zero-order valence-electron chi connectivity index (χ0n) is 17.3. The van der Waals surface area contributed by atoms with Crippen molar-refractivity contribution in [2.75, 3.05) is 19.6 Å². The summed E-state index contributed by atoms with van der Waals surface area (Å²) in [5.74, 6) is 0.950. The molecule has 1 aliphatic rings. The van der Waals surface area contributed by atoms with Gasteiger partial charge in [-0.1, -0.05) is 17.3 Å². The lowest BCUT2D eigenvalue weighted by molar-refractivity contribution is -0.121. The van der Waals surface area contributed by atoms with E-state index in [-0.39, 0.29) is 17.6 Å². The summed E-state index contributed by atoms with van der Waals surface area (Å²) < 4.78 is 19.1. The number of hydrogen-bond donors (Lipinski definition) is 1. The summed E-state index contributed by atoms with van der Waals surface area (Å²) in [7, 11) is 0. The van der Waals surface area contributed by atoms with Gasteiger partial charge in [0.15, 0.2) is 0 Å². The Labute approximate surface area is 180 Å². The number of carbonyl (C=O) groups is 1. The molecule has 1 unspecified atom stereocenters. The average Bonchev–Trinajstić information content (AvgIpc) is 3.25. The Morgan fingerprint density at radius 3 is 2.97 bits per heavy atom. The number of amides is 1. The molecule has 0 aliphatic carbocycles. The van der Waals surface area contributed by atoms with E-state index in [0.29, 0.717) is 37.8 Å². The van der Waals surface area contributed by atoms with Gasteiger partial charge in [-0.25, -0.2) is 4.39 Å². The molecule has 0 bridgehead atoms. The first-order valence-electron chi connectivity index (χ1n) is 10.6. The van der Waals surface area contributed by atoms with Crippen molar-refractivity contribution < 1.29 is 13.7 Å². The van der Waals surface area contributed by atoms with Gasteiger partial charge in [-0.05, 0) is 55.6 Å². The van der Waals surface area contributed by atoms with Gasteiger partial charge in [-0.2, -0.15) is 4.98 Å². The molecule has 4 rings (SSSR count). The average molecular weight is 423 g/mol. The molecule has 1 aromatic carbocycles. The fraction of sp³-hybridized carbons (Fsp3) is 0.391. The predicted octanol–water partition coefficient (Wildman–Crippen LogP) is 3.55. The largest absolute Gasteiger partial charge is 0.356 e. The van der Waals surface area contributed by atoms with Crippen LogP contribution in [-0.2, 0) is 11.3 Å². The minimum Gasteiger partial charge on any atom is -0.356 e. The summed E-state index contributed by atoms with van der Waals surface area (Å²) >= 11 is 0. The van der Waals surface area contributed by atoms with Crippen LogP contribution in [0.2, 0.25) is 0 Å². The van der Waals surface area contributed by atoms with Gasteiger partial charge in [0.25, 0.3) is 0 Å². The van der Waals surface area contributed by atoms with Gasteiger partial charge in [-0.15, -0.1) is 0 Å². The Morgan fingerprint density at radius 1 is 1.19 bits per heavy atom. The number of rotatable bonds is 4. The molecule has 1 atom stereocenters. The number of hydrogen-bond acceptors (Lipinski definition) is 6. The summed E-state index contributed by atoms with van der Waals surface area (Å²) in [4.78, 5) is 23.1. The van der Waals surface area contributed by atoms with Crippen molar-refractivity contribution in [2.24, 2.45) is 0 Å². The van der Waals surface area contributed by atoms with Gasteiger partial charge in [-0.3, -0.25) is 14.7 Å². The zero-order chi connectivity index (χ0) is 21.5. The van der Waals surface area contributed by atoms with E-state index in [4.69, 9.17) is 4.52 Å². The maximum absolute atomic E-state index is 13.6. The first-order chi connectivity index (χ1) is 15.2. The third-order valence-corrected chi connectivity index (χ3v) is 5.50. The molecule has 1 saturated heterocycles. The Kier molecular flexibility index (Phi) is 6.99. The molecule has 1 amide bonds. The molecule has 0 radical (unpaired) electrons. The molecule has 162 valence electrons. The van der Waals surface area contributed by atoms with Gasteiger partial charge < -0.3 is 9.84 Å². The van der Waals surface area contributed by atoms with E-state index in [9.17, 15) is 9.18 Å². The molecule has 3 heterocycles. The van der Waals surface area contributed by atoms with E-state index < -0.39 is 0 Å². The molecule has 1 N–H and O–H groups in total. The topological polar surface area (TPSA) is 84.2 Å². The van der Waals surface area contributed by atoms with Crippen molar-refractivity contribution in [3.63, 3.8) is 0 Å². The smallest absolute Gasteiger partial charge is 0.230 e. The molecular formula is C23H26FN5O2. The first-order valence-corrected chi connectivity index (χ1v) is 10.6. The second kappa shape index (κ2) is 10.3. The van der Waals surface area contributed by atoms with Crippen molar-refractivity contribution in [1.82, 2.24) is 25.3 Å². The van der Waals surface area contributed by atoms with Crippen LogP contribution in [0.15, 0.2) is 53.3 Å². The van der Waals surface area contributed by atoms with Gasteiger partial charge in [0.1, 0.15) is 5.82 Å². The molecule has 1 fully saturated rings. The molecule has 31 heavy (non-hydrogen) atoms. The maximum atomic E-state index is 13.6. The van der Waals surface area contributed by atoms with Crippen LogP contribution in [0.1, 0.15) is 43.1 Å². The lowest BCUT2D eigenvalue weighted by Gasteiger charge is -2.22. The van der Waals surface area contributed by atoms with Crippen LogP contribution >= 0.6 is 0 Å². The number of pyridine rings is 1. The van der Waals surface area contributed by atoms with E-state index in [2.05, 4.69) is 25.3 Å². The van der Waals surface area contributed by atoms with Crippen LogP contribution in [0.5, 0.6) is 0 Å². The maximum Gasteiger partial charge on any atom is 0.230 e. The number of aromatic nitrogens is 3. The second-order valence-corrected chi connectivity index (χ2v) is 7.83. The van der Waals surface area contributed by atoms with Gasteiger partial charge in [0, 0.05) is 49.9 Å².